The summed E-state index contributed by atoms with van der Waals surface area (Å²) in [7, 11) is -3.92. The summed E-state index contributed by atoms with van der Waals surface area (Å²) in [6.07, 6.45) is 12.2. The predicted octanol–water partition coefficient (Wildman–Crippen LogP) is 1.58. The van der Waals surface area contributed by atoms with Crippen molar-refractivity contribution >= 4 is 10.1 Å². The quantitative estimate of drug-likeness (QED) is 0.572. The van der Waals surface area contributed by atoms with Crippen LogP contribution in [0.2, 0.25) is 0 Å². The monoisotopic (exact) mass is 293 g/mol. The number of unbranched alkanes of at least 4 members (excludes halogenated alkanes) is 5. The molecular weight excluding hydrogens is 262 g/mol. The highest BCUT2D eigenvalue weighted by Crippen LogP contribution is 2.04. The standard InChI is InChI=1S/C13H27N.CH4O3S/c1-3-4-5-6-7-8-11-14-12-9-10-13(14)2;1-5(2,3)4/h13H,3-12H2,1-2H3;1H3,(H,2,3,4). The topological polar surface area (TPSA) is 61.6 Å². The smallest absolute Gasteiger partial charge is 0.0916 e. The lowest BCUT2D eigenvalue weighted by Gasteiger charge is -2.17. The lowest BCUT2D eigenvalue weighted by atomic mass is 10.1. The van der Waals surface area contributed by atoms with Crippen LogP contribution < -0.4 is 4.90 Å². The minimum atomic E-state index is -3.92. The third-order valence-electron chi connectivity index (χ3n) is 3.68. The first-order valence-electron chi connectivity index (χ1n) is 7.60. The van der Waals surface area contributed by atoms with Gasteiger partial charge >= 0.3 is 0 Å². The van der Waals surface area contributed by atoms with E-state index in [1.807, 2.05) is 4.90 Å². The number of rotatable bonds is 7. The van der Waals surface area contributed by atoms with E-state index in [0.717, 1.165) is 6.04 Å². The molecule has 0 saturated carbocycles. The van der Waals surface area contributed by atoms with Gasteiger partial charge in [0, 0.05) is 19.1 Å². The molecule has 2 atom stereocenters. The van der Waals surface area contributed by atoms with E-state index in [1.165, 1.54) is 64.5 Å². The maximum atomic E-state index is 9.08. The SMILES string of the molecule is CCCCCCCC[NH+]1CCCC1C.CS(=O)(=O)[O-]. The van der Waals surface area contributed by atoms with Gasteiger partial charge in [-0.05, 0) is 19.8 Å². The lowest BCUT2D eigenvalue weighted by Crippen LogP contribution is -3.13. The minimum absolute atomic E-state index is 0.604. The molecule has 0 spiro atoms. The molecule has 2 unspecified atom stereocenters. The molecule has 1 heterocycles. The molecule has 0 amide bonds. The van der Waals surface area contributed by atoms with Crippen LogP contribution in [-0.4, -0.2) is 38.4 Å². The zero-order valence-electron chi connectivity index (χ0n) is 12.8. The Morgan fingerprint density at radius 1 is 1.16 bits per heavy atom. The number of hydrogen-bond acceptors (Lipinski definition) is 3. The van der Waals surface area contributed by atoms with Gasteiger partial charge in [0.1, 0.15) is 0 Å². The van der Waals surface area contributed by atoms with Gasteiger partial charge in [0.2, 0.25) is 0 Å². The van der Waals surface area contributed by atoms with Crippen molar-refractivity contribution in [2.45, 2.75) is 71.3 Å². The van der Waals surface area contributed by atoms with Crippen molar-refractivity contribution in [3.8, 4) is 0 Å². The van der Waals surface area contributed by atoms with E-state index in [4.69, 9.17) is 13.0 Å². The van der Waals surface area contributed by atoms with Crippen molar-refractivity contribution in [3.05, 3.63) is 0 Å². The molecule has 0 aliphatic carbocycles. The molecule has 0 aromatic heterocycles. The molecule has 1 N–H and O–H groups in total. The fourth-order valence-corrected chi connectivity index (χ4v) is 2.59. The van der Waals surface area contributed by atoms with Crippen LogP contribution in [0.25, 0.3) is 0 Å². The third-order valence-corrected chi connectivity index (χ3v) is 3.68. The molecule has 0 bridgehead atoms. The normalized spacial score (nSPS) is 22.9. The van der Waals surface area contributed by atoms with E-state index in [1.54, 1.807) is 0 Å². The average molecular weight is 293 g/mol. The molecule has 116 valence electrons. The number of nitrogens with one attached hydrogen (secondary N) is 1. The van der Waals surface area contributed by atoms with Gasteiger partial charge in [-0.25, -0.2) is 8.42 Å². The van der Waals surface area contributed by atoms with E-state index >= 15 is 0 Å². The Morgan fingerprint density at radius 2 is 1.68 bits per heavy atom. The number of hydrogen-bond donors (Lipinski definition) is 1. The van der Waals surface area contributed by atoms with Gasteiger partial charge in [0.05, 0.1) is 29.2 Å². The predicted molar refractivity (Wildman–Crippen MR) is 78.4 cm³/mol. The molecule has 1 fully saturated rings. The number of quaternary nitrogens is 1. The van der Waals surface area contributed by atoms with Crippen molar-refractivity contribution in [3.63, 3.8) is 0 Å². The van der Waals surface area contributed by atoms with Crippen molar-refractivity contribution in [2.24, 2.45) is 0 Å². The summed E-state index contributed by atoms with van der Waals surface area (Å²) in [4.78, 5) is 1.88. The summed E-state index contributed by atoms with van der Waals surface area (Å²) in [5, 5.41) is 0. The Morgan fingerprint density at radius 3 is 2.16 bits per heavy atom. The van der Waals surface area contributed by atoms with Crippen LogP contribution >= 0.6 is 0 Å². The lowest BCUT2D eigenvalue weighted by molar-refractivity contribution is -0.910. The Kier molecular flexibility index (Phi) is 10.6. The highest BCUT2D eigenvalue weighted by Gasteiger charge is 2.22. The van der Waals surface area contributed by atoms with E-state index in [-0.39, 0.29) is 0 Å². The second-order valence-corrected chi connectivity index (χ2v) is 7.08. The Hall–Kier alpha value is -0.130. The Bertz CT molecular complexity index is 296. The molecule has 4 nitrogen and oxygen atoms in total. The third kappa shape index (κ3) is 14.1. The molecule has 19 heavy (non-hydrogen) atoms. The molecule has 0 radical (unpaired) electrons. The van der Waals surface area contributed by atoms with E-state index in [2.05, 4.69) is 13.8 Å². The van der Waals surface area contributed by atoms with Crippen molar-refractivity contribution in [1.82, 2.24) is 0 Å². The van der Waals surface area contributed by atoms with E-state index in [0.29, 0.717) is 6.26 Å². The maximum absolute atomic E-state index is 9.08. The maximum Gasteiger partial charge on any atom is 0.0916 e. The van der Waals surface area contributed by atoms with Crippen molar-refractivity contribution in [1.29, 1.82) is 0 Å². The summed E-state index contributed by atoms with van der Waals surface area (Å²) < 4.78 is 27.2. The van der Waals surface area contributed by atoms with Gasteiger partial charge in [-0.3, -0.25) is 0 Å². The summed E-state index contributed by atoms with van der Waals surface area (Å²) >= 11 is 0. The van der Waals surface area contributed by atoms with Gasteiger partial charge in [-0.1, -0.05) is 32.6 Å². The first-order valence-corrected chi connectivity index (χ1v) is 9.41. The zero-order valence-corrected chi connectivity index (χ0v) is 13.6. The van der Waals surface area contributed by atoms with Gasteiger partial charge < -0.3 is 9.45 Å². The van der Waals surface area contributed by atoms with Crippen LogP contribution in [-0.2, 0) is 10.1 Å². The van der Waals surface area contributed by atoms with Gasteiger partial charge in [0.15, 0.2) is 0 Å². The van der Waals surface area contributed by atoms with Crippen LogP contribution in [0.4, 0.5) is 0 Å². The zero-order chi connectivity index (χ0) is 14.7. The van der Waals surface area contributed by atoms with Gasteiger partial charge in [-0.15, -0.1) is 0 Å². The first-order chi connectivity index (χ1) is 8.84. The van der Waals surface area contributed by atoms with Crippen LogP contribution in [0.3, 0.4) is 0 Å². The van der Waals surface area contributed by atoms with Crippen LogP contribution in [0.5, 0.6) is 0 Å². The van der Waals surface area contributed by atoms with E-state index in [9.17, 15) is 0 Å². The highest BCUT2D eigenvalue weighted by atomic mass is 32.2. The summed E-state index contributed by atoms with van der Waals surface area (Å²) in [5.41, 5.74) is 0. The van der Waals surface area contributed by atoms with Crippen molar-refractivity contribution < 1.29 is 17.9 Å². The van der Waals surface area contributed by atoms with Crippen LogP contribution in [0.15, 0.2) is 0 Å². The molecule has 0 aromatic carbocycles. The Balaban J connectivity index is 0.000000555. The molecule has 1 aliphatic rings. The molecular formula is C14H31NO3S. The molecule has 1 saturated heterocycles. The first kappa shape index (κ1) is 18.9. The summed E-state index contributed by atoms with van der Waals surface area (Å²) in [6.45, 7) is 7.58. The van der Waals surface area contributed by atoms with Gasteiger partial charge in [0.25, 0.3) is 0 Å². The van der Waals surface area contributed by atoms with Crippen LogP contribution in [0.1, 0.15) is 65.2 Å². The molecule has 1 aliphatic heterocycles. The average Bonchev–Trinajstić information content (AvgIpc) is 2.67. The minimum Gasteiger partial charge on any atom is -0.748 e. The largest absolute Gasteiger partial charge is 0.748 e. The summed E-state index contributed by atoms with van der Waals surface area (Å²) in [6, 6.07) is 0.950. The second-order valence-electron chi connectivity index (χ2n) is 5.67. The molecule has 1 rings (SSSR count). The fourth-order valence-electron chi connectivity index (χ4n) is 2.59. The van der Waals surface area contributed by atoms with Gasteiger partial charge in [-0.2, -0.15) is 0 Å². The second kappa shape index (κ2) is 10.6. The Labute approximate surface area is 119 Å². The van der Waals surface area contributed by atoms with Crippen LogP contribution in [0, 0.1) is 0 Å². The summed E-state index contributed by atoms with van der Waals surface area (Å²) in [5.74, 6) is 0. The molecule has 5 heteroatoms. The van der Waals surface area contributed by atoms with E-state index < -0.39 is 10.1 Å². The highest BCUT2D eigenvalue weighted by molar-refractivity contribution is 7.84. The molecule has 0 aromatic rings. The number of likely N-dealkylation sites (tertiary alicyclic amines) is 1. The van der Waals surface area contributed by atoms with Crippen molar-refractivity contribution in [2.75, 3.05) is 19.3 Å². The fraction of sp³-hybridized carbons (Fsp3) is 1.00.